The molecule has 26 heavy (non-hydrogen) atoms. The molecule has 0 aliphatic carbocycles. The first-order chi connectivity index (χ1) is 12.5. The number of aromatic nitrogens is 3. The molecule has 0 fully saturated rings. The van der Waals surface area contributed by atoms with Crippen molar-refractivity contribution < 1.29 is 4.74 Å². The molecule has 3 aromatic rings. The first-order valence-electron chi connectivity index (χ1n) is 7.72. The molecule has 0 spiro atoms. The van der Waals surface area contributed by atoms with E-state index in [1.165, 1.54) is 11.8 Å². The summed E-state index contributed by atoms with van der Waals surface area (Å²) >= 11 is 9.30. The van der Waals surface area contributed by atoms with Crippen molar-refractivity contribution in [2.45, 2.75) is 11.9 Å². The molecule has 2 aromatic carbocycles. The third-order valence-electron chi connectivity index (χ3n) is 3.84. The van der Waals surface area contributed by atoms with Gasteiger partial charge in [0.1, 0.15) is 0 Å². The molecular formula is C18H15BrClN3O3. The predicted molar refractivity (Wildman–Crippen MR) is 104 cm³/mol. The van der Waals surface area contributed by atoms with Crippen LogP contribution in [0.1, 0.15) is 11.1 Å². The van der Waals surface area contributed by atoms with E-state index >= 15 is 0 Å². The topological polar surface area (TPSA) is 66.1 Å². The Balaban J connectivity index is 2.20. The van der Waals surface area contributed by atoms with E-state index in [1.54, 1.807) is 36.4 Å². The molecule has 0 bridgehead atoms. The fourth-order valence-corrected chi connectivity index (χ4v) is 3.12. The summed E-state index contributed by atoms with van der Waals surface area (Å²) in [6.45, 7) is 0.0875. The second-order valence-corrected chi connectivity index (χ2v) is 6.48. The molecule has 0 atom stereocenters. The molecule has 0 unspecified atom stereocenters. The Morgan fingerprint density at radius 3 is 2.46 bits per heavy atom. The van der Waals surface area contributed by atoms with Gasteiger partial charge in [0, 0.05) is 10.4 Å². The number of hydrogen-bond acceptors (Lipinski definition) is 4. The molecule has 0 radical (unpaired) electrons. The Morgan fingerprint density at radius 2 is 1.81 bits per heavy atom. The minimum Gasteiger partial charge on any atom is -0.476 e. The number of halogens is 2. The van der Waals surface area contributed by atoms with Crippen molar-refractivity contribution in [2.75, 3.05) is 7.11 Å². The molecule has 6 nitrogen and oxygen atoms in total. The van der Waals surface area contributed by atoms with Crippen molar-refractivity contribution in [1.82, 2.24) is 14.3 Å². The molecule has 8 heteroatoms. The van der Waals surface area contributed by atoms with E-state index in [0.29, 0.717) is 16.0 Å². The fourth-order valence-electron chi connectivity index (χ4n) is 2.52. The highest BCUT2D eigenvalue weighted by Gasteiger charge is 2.16. The Kier molecular flexibility index (Phi) is 5.58. The highest BCUT2D eigenvalue weighted by atomic mass is 79.9. The van der Waals surface area contributed by atoms with E-state index in [0.717, 1.165) is 15.7 Å². The number of hydrogen-bond donors (Lipinski definition) is 0. The van der Waals surface area contributed by atoms with Crippen molar-refractivity contribution in [3.8, 4) is 11.6 Å². The minimum absolute atomic E-state index is 0.0875. The fraction of sp³-hybridized carbons (Fsp3) is 0.167. The number of rotatable bonds is 5. The van der Waals surface area contributed by atoms with E-state index in [1.807, 2.05) is 12.1 Å². The maximum Gasteiger partial charge on any atom is 0.352 e. The number of benzene rings is 2. The van der Waals surface area contributed by atoms with Crippen LogP contribution in [0.25, 0.3) is 5.69 Å². The van der Waals surface area contributed by atoms with E-state index in [-0.39, 0.29) is 12.4 Å². The van der Waals surface area contributed by atoms with Crippen LogP contribution in [0.15, 0.2) is 58.1 Å². The zero-order chi connectivity index (χ0) is 18.7. The van der Waals surface area contributed by atoms with Crippen molar-refractivity contribution in [1.29, 1.82) is 0 Å². The lowest BCUT2D eigenvalue weighted by Gasteiger charge is -2.13. The summed E-state index contributed by atoms with van der Waals surface area (Å²) in [5, 5.41) is 5.21. The van der Waals surface area contributed by atoms with Gasteiger partial charge in [-0.2, -0.15) is 4.68 Å². The summed E-state index contributed by atoms with van der Waals surface area (Å²) < 4.78 is 7.38. The summed E-state index contributed by atoms with van der Waals surface area (Å²) in [7, 11) is 1.35. The van der Waals surface area contributed by atoms with Crippen LogP contribution in [0.5, 0.6) is 5.88 Å². The van der Waals surface area contributed by atoms with Crippen LogP contribution in [0.4, 0.5) is 0 Å². The zero-order valence-corrected chi connectivity index (χ0v) is 16.2. The van der Waals surface area contributed by atoms with E-state index in [9.17, 15) is 9.59 Å². The number of para-hydroxylation sites is 1. The standard InChI is InChI=1S/C18H15BrClN3O3/c1-26-16-17(24)22(11-12-6-8-14(20)9-7-12)18(25)23(21-16)15-5-3-2-4-13(15)10-19/h2-9H,10-11H2,1H3. The van der Waals surface area contributed by atoms with Gasteiger partial charge in [0.2, 0.25) is 0 Å². The molecule has 0 amide bonds. The van der Waals surface area contributed by atoms with Crippen molar-refractivity contribution in [2.24, 2.45) is 0 Å². The van der Waals surface area contributed by atoms with Crippen LogP contribution in [0, 0.1) is 0 Å². The Hall–Kier alpha value is -2.38. The monoisotopic (exact) mass is 435 g/mol. The summed E-state index contributed by atoms with van der Waals surface area (Å²) in [6, 6.07) is 14.2. The van der Waals surface area contributed by atoms with E-state index in [2.05, 4.69) is 21.0 Å². The molecule has 1 aromatic heterocycles. The molecule has 1 heterocycles. The minimum atomic E-state index is -0.583. The smallest absolute Gasteiger partial charge is 0.352 e. The van der Waals surface area contributed by atoms with Gasteiger partial charge in [-0.1, -0.05) is 57.9 Å². The highest BCUT2D eigenvalue weighted by Crippen LogP contribution is 2.15. The number of methoxy groups -OCH3 is 1. The highest BCUT2D eigenvalue weighted by molar-refractivity contribution is 9.08. The second-order valence-electron chi connectivity index (χ2n) is 5.48. The van der Waals surface area contributed by atoms with Gasteiger partial charge in [-0.25, -0.2) is 9.36 Å². The lowest BCUT2D eigenvalue weighted by molar-refractivity contribution is 0.367. The van der Waals surface area contributed by atoms with Gasteiger partial charge in [0.15, 0.2) is 0 Å². The van der Waals surface area contributed by atoms with Gasteiger partial charge in [-0.15, -0.1) is 5.10 Å². The summed E-state index contributed by atoms with van der Waals surface area (Å²) in [4.78, 5) is 25.5. The van der Waals surface area contributed by atoms with E-state index in [4.69, 9.17) is 16.3 Å². The van der Waals surface area contributed by atoms with Gasteiger partial charge >= 0.3 is 11.2 Å². The van der Waals surface area contributed by atoms with Crippen LogP contribution in [-0.2, 0) is 11.9 Å². The average Bonchev–Trinajstić information content (AvgIpc) is 2.67. The number of ether oxygens (including phenoxy) is 1. The number of alkyl halides is 1. The van der Waals surface area contributed by atoms with Crippen LogP contribution < -0.4 is 16.0 Å². The average molecular weight is 437 g/mol. The summed E-state index contributed by atoms with van der Waals surface area (Å²) in [5.74, 6) is -0.150. The maximum absolute atomic E-state index is 13.0. The second kappa shape index (κ2) is 7.88. The Bertz CT molecular complexity index is 1040. The van der Waals surface area contributed by atoms with Crippen molar-refractivity contribution in [3.63, 3.8) is 0 Å². The zero-order valence-electron chi connectivity index (χ0n) is 13.9. The maximum atomic E-state index is 13.0. The largest absolute Gasteiger partial charge is 0.476 e. The number of nitrogens with zero attached hydrogens (tertiary/aromatic N) is 3. The van der Waals surface area contributed by atoms with Crippen molar-refractivity contribution in [3.05, 3.63) is 85.5 Å². The van der Waals surface area contributed by atoms with Gasteiger partial charge < -0.3 is 4.74 Å². The quantitative estimate of drug-likeness (QED) is 0.577. The molecule has 0 saturated carbocycles. The molecule has 134 valence electrons. The third kappa shape index (κ3) is 3.59. The Morgan fingerprint density at radius 1 is 1.12 bits per heavy atom. The Labute approximate surface area is 162 Å². The van der Waals surface area contributed by atoms with E-state index < -0.39 is 11.2 Å². The molecule has 3 rings (SSSR count). The first kappa shape index (κ1) is 18.4. The lowest BCUT2D eigenvalue weighted by atomic mass is 10.2. The molecular weight excluding hydrogens is 422 g/mol. The van der Waals surface area contributed by atoms with Crippen LogP contribution in [0.2, 0.25) is 5.02 Å². The summed E-state index contributed by atoms with van der Waals surface area (Å²) in [6.07, 6.45) is 0. The van der Waals surface area contributed by atoms with Crippen molar-refractivity contribution >= 4 is 27.5 Å². The first-order valence-corrected chi connectivity index (χ1v) is 9.22. The normalized spacial score (nSPS) is 10.7. The van der Waals surface area contributed by atoms with Gasteiger partial charge in [-0.05, 0) is 29.3 Å². The molecule has 0 aliphatic rings. The van der Waals surface area contributed by atoms with Gasteiger partial charge in [0.05, 0.1) is 19.3 Å². The molecule has 0 N–H and O–H groups in total. The van der Waals surface area contributed by atoms with Gasteiger partial charge in [-0.3, -0.25) is 4.79 Å². The van der Waals surface area contributed by atoms with Crippen LogP contribution in [0.3, 0.4) is 0 Å². The third-order valence-corrected chi connectivity index (χ3v) is 4.70. The van der Waals surface area contributed by atoms with Crippen LogP contribution in [-0.4, -0.2) is 21.5 Å². The molecule has 0 saturated heterocycles. The SMILES string of the molecule is COc1nn(-c2ccccc2CBr)c(=O)n(Cc2ccc(Cl)cc2)c1=O. The predicted octanol–water partition coefficient (Wildman–Crippen LogP) is 3.00. The molecule has 0 aliphatic heterocycles. The van der Waals surface area contributed by atoms with Crippen LogP contribution >= 0.6 is 27.5 Å². The summed E-state index contributed by atoms with van der Waals surface area (Å²) in [5.41, 5.74) is 1.08. The lowest BCUT2D eigenvalue weighted by Crippen LogP contribution is -2.41. The van der Waals surface area contributed by atoms with Gasteiger partial charge in [0.25, 0.3) is 5.88 Å².